The van der Waals surface area contributed by atoms with Crippen molar-refractivity contribution in [3.8, 4) is 17.6 Å². The molecule has 0 bridgehead atoms. The van der Waals surface area contributed by atoms with Crippen molar-refractivity contribution in [1.82, 2.24) is 9.78 Å². The second-order valence-electron chi connectivity index (χ2n) is 6.75. The summed E-state index contributed by atoms with van der Waals surface area (Å²) in [6.07, 6.45) is 3.83. The van der Waals surface area contributed by atoms with E-state index in [2.05, 4.69) is 5.10 Å². The van der Waals surface area contributed by atoms with Crippen LogP contribution in [0.25, 0.3) is 0 Å². The number of halogens is 1. The van der Waals surface area contributed by atoms with Crippen LogP contribution in [0.1, 0.15) is 42.1 Å². The van der Waals surface area contributed by atoms with Crippen LogP contribution in [0.2, 0.25) is 5.02 Å². The number of hydrogen-bond acceptors (Lipinski definition) is 7. The third-order valence-electron chi connectivity index (χ3n) is 4.50. The lowest BCUT2D eigenvalue weighted by atomic mass is 9.82. The normalized spacial score (nSPS) is 15.5. The van der Waals surface area contributed by atoms with Gasteiger partial charge in [0.25, 0.3) is 0 Å². The molecule has 0 saturated heterocycles. The van der Waals surface area contributed by atoms with Gasteiger partial charge in [0, 0.05) is 18.2 Å². The first-order valence-corrected chi connectivity index (χ1v) is 12.4. The number of nitrogens with zero attached hydrogens (tertiary/aromatic N) is 3. The monoisotopic (exact) mass is 459 g/mol. The molecule has 1 aromatic carbocycles. The largest absolute Gasteiger partial charge is 0.453 e. The number of ether oxygens (including phenoxy) is 1. The molecule has 1 N–H and O–H groups in total. The lowest BCUT2D eigenvalue weighted by Gasteiger charge is -2.24. The van der Waals surface area contributed by atoms with Gasteiger partial charge in [-0.15, -0.1) is 0 Å². The van der Waals surface area contributed by atoms with Crippen molar-refractivity contribution in [2.24, 2.45) is 0 Å². The Morgan fingerprint density at radius 2 is 2.17 bits per heavy atom. The first-order valence-electron chi connectivity index (χ1n) is 8.68. The zero-order valence-electron chi connectivity index (χ0n) is 15.5. The third kappa shape index (κ3) is 5.38. The molecule has 1 saturated carbocycles. The van der Waals surface area contributed by atoms with Gasteiger partial charge in [0.15, 0.2) is 15.6 Å². The Balaban J connectivity index is 2.06. The Morgan fingerprint density at radius 3 is 2.69 bits per heavy atom. The Hall–Kier alpha value is -1.89. The molecule has 29 heavy (non-hydrogen) atoms. The number of nitriles is 1. The first-order chi connectivity index (χ1) is 13.7. The van der Waals surface area contributed by atoms with Gasteiger partial charge in [0.1, 0.15) is 35.7 Å². The minimum atomic E-state index is -3.44. The average molecular weight is 460 g/mol. The van der Waals surface area contributed by atoms with Gasteiger partial charge in [0.05, 0.1) is 10.6 Å². The molecule has 12 heteroatoms. The molecule has 0 amide bonds. The van der Waals surface area contributed by atoms with E-state index in [1.165, 1.54) is 16.8 Å². The standard InChI is InChI=1S/C17H19ClN3O6PS/c1-29(24,25)10-21-15(9-26-28(22)23)17(16(20-21)11-3-2-4-11)27-13-6-5-12(8-19)14(18)7-13/h5-7,11,28H,2-4,9-10H2,1H3,(H,22,23). The molecule has 1 atom stereocenters. The summed E-state index contributed by atoms with van der Waals surface area (Å²) in [5.41, 5.74) is 1.09. The minimum absolute atomic E-state index is 0.0876. The van der Waals surface area contributed by atoms with Crippen LogP contribution in [0.15, 0.2) is 18.2 Å². The summed E-state index contributed by atoms with van der Waals surface area (Å²) in [4.78, 5) is 9.07. The van der Waals surface area contributed by atoms with Crippen molar-refractivity contribution in [1.29, 1.82) is 5.26 Å². The quantitative estimate of drug-likeness (QED) is 0.594. The van der Waals surface area contributed by atoms with Crippen LogP contribution < -0.4 is 4.74 Å². The number of benzene rings is 1. The van der Waals surface area contributed by atoms with Gasteiger partial charge in [-0.25, -0.2) is 13.1 Å². The van der Waals surface area contributed by atoms with Crippen molar-refractivity contribution >= 4 is 29.7 Å². The van der Waals surface area contributed by atoms with E-state index in [0.717, 1.165) is 25.5 Å². The average Bonchev–Trinajstić information content (AvgIpc) is 2.86. The lowest BCUT2D eigenvalue weighted by molar-refractivity contribution is 0.260. The summed E-state index contributed by atoms with van der Waals surface area (Å²) in [5.74, 6) is 0.272. The fraction of sp³-hybridized carbons (Fsp3) is 0.412. The molecule has 0 aliphatic heterocycles. The molecule has 0 spiro atoms. The summed E-state index contributed by atoms with van der Waals surface area (Å²) < 4.78 is 46.8. The Kier molecular flexibility index (Phi) is 6.66. The highest BCUT2D eigenvalue weighted by atomic mass is 35.5. The summed E-state index contributed by atoms with van der Waals surface area (Å²) in [5, 5.41) is 13.6. The van der Waals surface area contributed by atoms with Gasteiger partial charge < -0.3 is 14.2 Å². The summed E-state index contributed by atoms with van der Waals surface area (Å²) in [6, 6.07) is 6.49. The number of hydrogen-bond donors (Lipinski definition) is 1. The topological polar surface area (TPSA) is 132 Å². The molecule has 2 aromatic rings. The van der Waals surface area contributed by atoms with Crippen molar-refractivity contribution in [2.45, 2.75) is 37.7 Å². The van der Waals surface area contributed by atoms with Gasteiger partial charge >= 0.3 is 8.25 Å². The van der Waals surface area contributed by atoms with Gasteiger partial charge in [0.2, 0.25) is 0 Å². The molecule has 9 nitrogen and oxygen atoms in total. The lowest BCUT2D eigenvalue weighted by Crippen LogP contribution is -2.14. The fourth-order valence-corrected chi connectivity index (χ4v) is 4.06. The predicted molar refractivity (Wildman–Crippen MR) is 106 cm³/mol. The van der Waals surface area contributed by atoms with E-state index < -0.39 is 24.0 Å². The molecule has 1 aliphatic rings. The van der Waals surface area contributed by atoms with Crippen molar-refractivity contribution in [3.63, 3.8) is 0 Å². The maximum absolute atomic E-state index is 11.8. The molecule has 1 unspecified atom stereocenters. The molecule has 1 heterocycles. The smallest absolute Gasteiger partial charge is 0.316 e. The Bertz CT molecular complexity index is 1090. The highest BCUT2D eigenvalue weighted by Crippen LogP contribution is 2.44. The van der Waals surface area contributed by atoms with Crippen LogP contribution in [-0.2, 0) is 31.4 Å². The summed E-state index contributed by atoms with van der Waals surface area (Å²) >= 11 is 6.07. The van der Waals surface area contributed by atoms with Crippen LogP contribution in [0.5, 0.6) is 11.5 Å². The molecule has 156 valence electrons. The van der Waals surface area contributed by atoms with Crippen molar-refractivity contribution in [3.05, 3.63) is 40.2 Å². The summed E-state index contributed by atoms with van der Waals surface area (Å²) in [6.45, 7) is -0.344. The molecule has 1 aliphatic carbocycles. The van der Waals surface area contributed by atoms with E-state index in [9.17, 15) is 13.0 Å². The number of rotatable bonds is 8. The van der Waals surface area contributed by atoms with Gasteiger partial charge in [-0.3, -0.25) is 4.57 Å². The van der Waals surface area contributed by atoms with E-state index in [1.807, 2.05) is 6.07 Å². The second kappa shape index (κ2) is 8.86. The minimum Gasteiger partial charge on any atom is -0.453 e. The number of aromatic nitrogens is 2. The maximum Gasteiger partial charge on any atom is 0.316 e. The maximum atomic E-state index is 11.8. The third-order valence-corrected chi connectivity index (χ3v) is 5.91. The van der Waals surface area contributed by atoms with Crippen molar-refractivity contribution in [2.75, 3.05) is 6.26 Å². The highest BCUT2D eigenvalue weighted by molar-refractivity contribution is 7.89. The molecular formula is C17H19ClN3O6PS. The number of sulfone groups is 1. The van der Waals surface area contributed by atoms with E-state index in [-0.39, 0.29) is 34.6 Å². The Morgan fingerprint density at radius 1 is 1.45 bits per heavy atom. The van der Waals surface area contributed by atoms with Crippen molar-refractivity contribution < 1.29 is 27.1 Å². The van der Waals surface area contributed by atoms with Crippen LogP contribution in [-0.4, -0.2) is 29.3 Å². The van der Waals surface area contributed by atoms with E-state index >= 15 is 0 Å². The van der Waals surface area contributed by atoms with Crippen LogP contribution in [0.3, 0.4) is 0 Å². The van der Waals surface area contributed by atoms with E-state index in [1.54, 1.807) is 6.07 Å². The zero-order chi connectivity index (χ0) is 21.2. The molecule has 1 aromatic heterocycles. The Labute approximate surface area is 173 Å². The summed E-state index contributed by atoms with van der Waals surface area (Å²) in [7, 11) is -6.70. The SMILES string of the molecule is CS(=O)(=O)Cn1nc(C2CCC2)c(Oc2ccc(C#N)c(Cl)c2)c1CO[PH](=O)O. The zero-order valence-corrected chi connectivity index (χ0v) is 18.0. The van der Waals surface area contributed by atoms with Crippen LogP contribution >= 0.6 is 19.9 Å². The van der Waals surface area contributed by atoms with E-state index in [0.29, 0.717) is 11.4 Å². The molecule has 0 radical (unpaired) electrons. The van der Waals surface area contributed by atoms with Gasteiger partial charge in [-0.2, -0.15) is 10.4 Å². The fourth-order valence-electron chi connectivity index (χ4n) is 2.93. The van der Waals surface area contributed by atoms with Crippen LogP contribution in [0.4, 0.5) is 0 Å². The molecular weight excluding hydrogens is 441 g/mol. The first kappa shape index (κ1) is 21.8. The second-order valence-corrected chi connectivity index (χ2v) is 10.1. The van der Waals surface area contributed by atoms with E-state index in [4.69, 9.17) is 31.0 Å². The van der Waals surface area contributed by atoms with Gasteiger partial charge in [-0.1, -0.05) is 18.0 Å². The highest BCUT2D eigenvalue weighted by Gasteiger charge is 2.31. The molecule has 1 fully saturated rings. The van der Waals surface area contributed by atoms with Crippen LogP contribution in [0, 0.1) is 11.3 Å². The molecule has 3 rings (SSSR count). The predicted octanol–water partition coefficient (Wildman–Crippen LogP) is 3.37. The van der Waals surface area contributed by atoms with Gasteiger partial charge in [-0.05, 0) is 25.0 Å².